The number of rotatable bonds is 5. The Kier molecular flexibility index (Phi) is 5.35. The molecule has 0 unspecified atom stereocenters. The zero-order valence-electron chi connectivity index (χ0n) is 13.7. The highest BCUT2D eigenvalue weighted by atomic mass is 35.5. The van der Waals surface area contributed by atoms with Crippen molar-refractivity contribution in [3.8, 4) is 5.69 Å². The lowest BCUT2D eigenvalue weighted by molar-refractivity contribution is 0.0697. The summed E-state index contributed by atoms with van der Waals surface area (Å²) in [6, 6.07) is 14.0. The molecule has 2 aromatic carbocycles. The summed E-state index contributed by atoms with van der Waals surface area (Å²) in [6.45, 7) is 2.07. The summed E-state index contributed by atoms with van der Waals surface area (Å²) in [6.07, 6.45) is 0. The molecule has 0 bridgehead atoms. The number of aromatic carboxylic acids is 1. The fraction of sp³-hybridized carbons (Fsp3) is 0.111. The lowest BCUT2D eigenvalue weighted by Crippen LogP contribution is -1.96. The fourth-order valence-electron chi connectivity index (χ4n) is 2.38. The van der Waals surface area contributed by atoms with Gasteiger partial charge in [-0.15, -0.1) is 0 Å². The molecule has 0 saturated carbocycles. The second-order valence-corrected chi connectivity index (χ2v) is 6.24. The van der Waals surface area contributed by atoms with E-state index in [-0.39, 0.29) is 17.1 Å². The zero-order chi connectivity index (χ0) is 18.7. The first-order chi connectivity index (χ1) is 12.5. The molecule has 0 atom stereocenters. The molecule has 1 aromatic heterocycles. The van der Waals surface area contributed by atoms with Crippen molar-refractivity contribution in [1.29, 1.82) is 0 Å². The Labute approximate surface area is 159 Å². The monoisotopic (exact) mass is 388 g/mol. The summed E-state index contributed by atoms with van der Waals surface area (Å²) in [5, 5.41) is 22.3. The van der Waals surface area contributed by atoms with Crippen LogP contribution >= 0.6 is 23.2 Å². The predicted octanol–water partition coefficient (Wildman–Crippen LogP) is 5.47. The number of nitrogens with zero attached hydrogens (tertiary/aromatic N) is 4. The highest BCUT2D eigenvalue weighted by Gasteiger charge is 2.14. The van der Waals surface area contributed by atoms with Crippen molar-refractivity contribution in [2.45, 2.75) is 13.5 Å². The average molecular weight is 389 g/mol. The summed E-state index contributed by atoms with van der Waals surface area (Å²) >= 11 is 12.3. The number of para-hydroxylation sites is 1. The molecule has 0 aliphatic heterocycles. The highest BCUT2D eigenvalue weighted by molar-refractivity contribution is 6.33. The molecule has 6 nitrogen and oxygen atoms in total. The number of carboxylic acids is 1. The number of carboxylic acid groups (broad SMARTS) is 1. The Bertz CT molecular complexity index is 984. The molecule has 0 amide bonds. The van der Waals surface area contributed by atoms with Gasteiger partial charge in [0.05, 0.1) is 34.2 Å². The molecule has 0 fully saturated rings. The molecule has 8 heteroatoms. The van der Waals surface area contributed by atoms with Gasteiger partial charge in [-0.2, -0.15) is 15.3 Å². The third-order valence-electron chi connectivity index (χ3n) is 3.72. The van der Waals surface area contributed by atoms with Gasteiger partial charge in [0.25, 0.3) is 0 Å². The van der Waals surface area contributed by atoms with Gasteiger partial charge in [0, 0.05) is 5.56 Å². The van der Waals surface area contributed by atoms with Crippen molar-refractivity contribution >= 4 is 34.9 Å². The van der Waals surface area contributed by atoms with Gasteiger partial charge in [-0.3, -0.25) is 0 Å². The number of aryl methyl sites for hydroxylation is 1. The number of aromatic nitrogens is 2. The first-order valence-corrected chi connectivity index (χ1v) is 8.42. The van der Waals surface area contributed by atoms with Crippen molar-refractivity contribution < 1.29 is 9.90 Å². The summed E-state index contributed by atoms with van der Waals surface area (Å²) in [5.41, 5.74) is 2.74. The van der Waals surface area contributed by atoms with E-state index in [1.807, 2.05) is 37.3 Å². The normalized spacial score (nSPS) is 11.2. The van der Waals surface area contributed by atoms with E-state index in [9.17, 15) is 4.79 Å². The van der Waals surface area contributed by atoms with Crippen molar-refractivity contribution in [3.63, 3.8) is 0 Å². The van der Waals surface area contributed by atoms with Crippen molar-refractivity contribution in [3.05, 3.63) is 75.5 Å². The molecule has 0 radical (unpaired) electrons. The molecule has 26 heavy (non-hydrogen) atoms. The Morgan fingerprint density at radius 3 is 2.62 bits per heavy atom. The average Bonchev–Trinajstić information content (AvgIpc) is 2.91. The smallest absolute Gasteiger partial charge is 0.337 e. The Morgan fingerprint density at radius 2 is 1.92 bits per heavy atom. The number of halogens is 2. The summed E-state index contributed by atoms with van der Waals surface area (Å²) < 4.78 is 1.65. The van der Waals surface area contributed by atoms with Gasteiger partial charge in [0.1, 0.15) is 5.15 Å². The quantitative estimate of drug-likeness (QED) is 0.588. The van der Waals surface area contributed by atoms with Crippen LogP contribution in [0.2, 0.25) is 10.2 Å². The first kappa shape index (κ1) is 18.1. The van der Waals surface area contributed by atoms with Crippen LogP contribution < -0.4 is 0 Å². The lowest BCUT2D eigenvalue weighted by atomic mass is 10.2. The topological polar surface area (TPSA) is 79.8 Å². The summed E-state index contributed by atoms with van der Waals surface area (Å²) in [4.78, 5) is 11.1. The third kappa shape index (κ3) is 3.76. The van der Waals surface area contributed by atoms with Gasteiger partial charge in [-0.25, -0.2) is 9.48 Å². The van der Waals surface area contributed by atoms with E-state index in [0.717, 1.165) is 16.9 Å². The molecule has 0 saturated heterocycles. The molecule has 132 valence electrons. The maximum Gasteiger partial charge on any atom is 0.337 e. The Morgan fingerprint density at radius 1 is 1.19 bits per heavy atom. The molecule has 3 rings (SSSR count). The van der Waals surface area contributed by atoms with E-state index in [1.54, 1.807) is 10.7 Å². The van der Waals surface area contributed by atoms with Crippen LogP contribution in [-0.4, -0.2) is 20.9 Å². The maximum atomic E-state index is 11.1. The molecule has 0 spiro atoms. The molecule has 1 N–H and O–H groups in total. The molecule has 0 aliphatic carbocycles. The number of azo groups is 1. The van der Waals surface area contributed by atoms with E-state index in [1.165, 1.54) is 12.1 Å². The largest absolute Gasteiger partial charge is 0.478 e. The van der Waals surface area contributed by atoms with Crippen LogP contribution in [-0.2, 0) is 6.54 Å². The van der Waals surface area contributed by atoms with Gasteiger partial charge in [-0.1, -0.05) is 41.4 Å². The second-order valence-electron chi connectivity index (χ2n) is 5.47. The van der Waals surface area contributed by atoms with E-state index in [4.69, 9.17) is 28.3 Å². The van der Waals surface area contributed by atoms with Gasteiger partial charge in [0.15, 0.2) is 0 Å². The first-order valence-electron chi connectivity index (χ1n) is 7.67. The number of carbonyl (C=O) groups is 1. The van der Waals surface area contributed by atoms with E-state index in [2.05, 4.69) is 15.3 Å². The fourth-order valence-corrected chi connectivity index (χ4v) is 2.91. The van der Waals surface area contributed by atoms with Crippen LogP contribution in [0.4, 0.5) is 5.69 Å². The number of benzene rings is 2. The SMILES string of the molecule is Cc1nn(-c2ccccc2)c(Cl)c1CN=Nc1ccc(Cl)c(C(=O)O)c1. The summed E-state index contributed by atoms with van der Waals surface area (Å²) in [5.74, 6) is -1.12. The zero-order valence-corrected chi connectivity index (χ0v) is 15.2. The van der Waals surface area contributed by atoms with Crippen LogP contribution in [0.1, 0.15) is 21.6 Å². The van der Waals surface area contributed by atoms with Crippen LogP contribution in [0.25, 0.3) is 5.69 Å². The standard InChI is InChI=1S/C18H14Cl2N4O2/c1-11-15(17(20)24(23-11)13-5-3-2-4-6-13)10-21-22-12-7-8-16(19)14(9-12)18(25)26/h2-9H,10H2,1H3,(H,25,26). The minimum Gasteiger partial charge on any atom is -0.478 e. The van der Waals surface area contributed by atoms with Gasteiger partial charge in [0.2, 0.25) is 0 Å². The Hall–Kier alpha value is -2.70. The van der Waals surface area contributed by atoms with Gasteiger partial charge >= 0.3 is 5.97 Å². The number of hydrogen-bond donors (Lipinski definition) is 1. The summed E-state index contributed by atoms with van der Waals surface area (Å²) in [7, 11) is 0. The Balaban J connectivity index is 1.82. The van der Waals surface area contributed by atoms with E-state index >= 15 is 0 Å². The predicted molar refractivity (Wildman–Crippen MR) is 99.9 cm³/mol. The lowest BCUT2D eigenvalue weighted by Gasteiger charge is -2.02. The minimum atomic E-state index is -1.12. The van der Waals surface area contributed by atoms with Gasteiger partial charge < -0.3 is 5.11 Å². The molecular weight excluding hydrogens is 375 g/mol. The molecule has 0 aliphatic rings. The molecular formula is C18H14Cl2N4O2. The van der Waals surface area contributed by atoms with Crippen molar-refractivity contribution in [2.24, 2.45) is 10.2 Å². The second kappa shape index (κ2) is 7.68. The van der Waals surface area contributed by atoms with Crippen LogP contribution in [0.3, 0.4) is 0 Å². The van der Waals surface area contributed by atoms with Gasteiger partial charge in [-0.05, 0) is 37.3 Å². The van der Waals surface area contributed by atoms with Crippen LogP contribution in [0.15, 0.2) is 58.8 Å². The highest BCUT2D eigenvalue weighted by Crippen LogP contribution is 2.26. The van der Waals surface area contributed by atoms with Crippen LogP contribution in [0, 0.1) is 6.92 Å². The van der Waals surface area contributed by atoms with Crippen molar-refractivity contribution in [2.75, 3.05) is 0 Å². The third-order valence-corrected chi connectivity index (χ3v) is 4.44. The van der Waals surface area contributed by atoms with Crippen molar-refractivity contribution in [1.82, 2.24) is 9.78 Å². The number of hydrogen-bond acceptors (Lipinski definition) is 4. The van der Waals surface area contributed by atoms with E-state index < -0.39 is 5.97 Å². The maximum absolute atomic E-state index is 11.1. The molecule has 1 heterocycles. The molecule has 3 aromatic rings. The van der Waals surface area contributed by atoms with Crippen LogP contribution in [0.5, 0.6) is 0 Å². The minimum absolute atomic E-state index is 0.0192. The van der Waals surface area contributed by atoms with E-state index in [0.29, 0.717) is 10.8 Å².